The Morgan fingerprint density at radius 1 is 1.17 bits per heavy atom. The van der Waals surface area contributed by atoms with E-state index in [9.17, 15) is 13.2 Å². The Bertz CT molecular complexity index is 1190. The molecule has 2 aromatic rings. The number of amidine groups is 1. The number of carbonyl (C=O) groups is 1. The molecular weight excluding hydrogens is 402 g/mol. The first-order valence-corrected chi connectivity index (χ1v) is 10.9. The molecule has 7 nitrogen and oxygen atoms in total. The summed E-state index contributed by atoms with van der Waals surface area (Å²) in [7, 11) is -3.34. The molecule has 0 radical (unpaired) electrons. The zero-order chi connectivity index (χ0) is 21.9. The summed E-state index contributed by atoms with van der Waals surface area (Å²) < 4.78 is 23.8. The molecule has 0 bridgehead atoms. The predicted octanol–water partition coefficient (Wildman–Crippen LogP) is 3.77. The molecule has 1 heterocycles. The first-order chi connectivity index (χ1) is 14.1. The molecular formula is C22H21N3O4S. The lowest BCUT2D eigenvalue weighted by Crippen LogP contribution is -2.39. The standard InChI is InChI=1S/C22H21N3O4S/c1-15-6-4-9-21(18-7-5-8-20(14-18)30(3,28)29)25(15)24-16(2)23-19-12-10-17(11-13-19)22(26)27/h4-14H,1H2,2-3H3,(H,23,24)(H,26,27). The highest BCUT2D eigenvalue weighted by atomic mass is 32.2. The van der Waals surface area contributed by atoms with Crippen molar-refractivity contribution in [2.45, 2.75) is 11.8 Å². The van der Waals surface area contributed by atoms with Crippen LogP contribution in [-0.4, -0.2) is 36.6 Å². The molecule has 0 atom stereocenters. The van der Waals surface area contributed by atoms with Crippen molar-refractivity contribution in [1.29, 1.82) is 0 Å². The third-order valence-electron chi connectivity index (χ3n) is 4.31. The molecule has 0 unspecified atom stereocenters. The molecule has 0 saturated carbocycles. The van der Waals surface area contributed by atoms with Gasteiger partial charge in [0.2, 0.25) is 0 Å². The van der Waals surface area contributed by atoms with Crippen molar-refractivity contribution in [3.8, 4) is 0 Å². The smallest absolute Gasteiger partial charge is 0.335 e. The Kier molecular flexibility index (Phi) is 5.89. The molecule has 0 saturated heterocycles. The van der Waals surface area contributed by atoms with Crippen LogP contribution in [-0.2, 0) is 9.84 Å². The van der Waals surface area contributed by atoms with E-state index in [0.717, 1.165) is 0 Å². The van der Waals surface area contributed by atoms with Crippen molar-refractivity contribution < 1.29 is 18.3 Å². The lowest BCUT2D eigenvalue weighted by atomic mass is 10.1. The van der Waals surface area contributed by atoms with Crippen molar-refractivity contribution >= 4 is 33.0 Å². The fraction of sp³-hybridized carbons (Fsp3) is 0.0909. The maximum Gasteiger partial charge on any atom is 0.335 e. The van der Waals surface area contributed by atoms with Gasteiger partial charge in [-0.15, -0.1) is 0 Å². The first kappa shape index (κ1) is 21.1. The maximum absolute atomic E-state index is 11.9. The Balaban J connectivity index is 1.88. The fourth-order valence-corrected chi connectivity index (χ4v) is 3.52. The summed E-state index contributed by atoms with van der Waals surface area (Å²) in [6.45, 7) is 5.80. The number of nitrogens with zero attached hydrogens (tertiary/aromatic N) is 2. The highest BCUT2D eigenvalue weighted by Crippen LogP contribution is 2.27. The van der Waals surface area contributed by atoms with Crippen LogP contribution in [0, 0.1) is 0 Å². The number of hydrazine groups is 1. The average Bonchev–Trinajstić information content (AvgIpc) is 2.69. The summed E-state index contributed by atoms with van der Waals surface area (Å²) in [5.41, 5.74) is 6.00. The van der Waals surface area contributed by atoms with Gasteiger partial charge in [-0.05, 0) is 55.5 Å². The van der Waals surface area contributed by atoms with E-state index in [0.29, 0.717) is 28.5 Å². The number of aromatic carboxylic acids is 1. The highest BCUT2D eigenvalue weighted by Gasteiger charge is 2.18. The molecule has 2 aromatic carbocycles. The maximum atomic E-state index is 11.9. The number of hydrogen-bond donors (Lipinski definition) is 2. The monoisotopic (exact) mass is 423 g/mol. The fourth-order valence-electron chi connectivity index (χ4n) is 2.86. The normalized spacial score (nSPS) is 14.5. The minimum atomic E-state index is -3.34. The van der Waals surface area contributed by atoms with E-state index < -0.39 is 15.8 Å². The molecule has 1 aliphatic rings. The molecule has 1 aliphatic heterocycles. The lowest BCUT2D eigenvalue weighted by Gasteiger charge is -2.31. The third kappa shape index (κ3) is 4.84. The van der Waals surface area contributed by atoms with Crippen molar-refractivity contribution in [3.05, 3.63) is 90.2 Å². The van der Waals surface area contributed by atoms with E-state index in [1.54, 1.807) is 42.3 Å². The van der Waals surface area contributed by atoms with Crippen molar-refractivity contribution in [3.63, 3.8) is 0 Å². The van der Waals surface area contributed by atoms with E-state index in [-0.39, 0.29) is 10.5 Å². The van der Waals surface area contributed by atoms with Gasteiger partial charge in [-0.25, -0.2) is 18.2 Å². The summed E-state index contributed by atoms with van der Waals surface area (Å²) in [6, 6.07) is 12.9. The summed E-state index contributed by atoms with van der Waals surface area (Å²) in [5.74, 6) is -0.456. The van der Waals surface area contributed by atoms with E-state index in [1.165, 1.54) is 18.4 Å². The molecule has 30 heavy (non-hydrogen) atoms. The molecule has 0 amide bonds. The second kappa shape index (κ2) is 8.38. The van der Waals surface area contributed by atoms with Crippen LogP contribution < -0.4 is 5.43 Å². The second-order valence-corrected chi connectivity index (χ2v) is 8.71. The number of nitrogens with one attached hydrogen (secondary N) is 1. The number of carboxylic acids is 1. The van der Waals surface area contributed by atoms with Crippen LogP contribution in [0.5, 0.6) is 0 Å². The van der Waals surface area contributed by atoms with E-state index in [1.807, 2.05) is 24.3 Å². The Hall–Kier alpha value is -3.65. The van der Waals surface area contributed by atoms with Gasteiger partial charge in [-0.3, -0.25) is 10.4 Å². The minimum absolute atomic E-state index is 0.185. The van der Waals surface area contributed by atoms with Gasteiger partial charge in [0.1, 0.15) is 5.84 Å². The third-order valence-corrected chi connectivity index (χ3v) is 5.42. The van der Waals surface area contributed by atoms with Crippen molar-refractivity contribution in [2.75, 3.05) is 6.26 Å². The molecule has 8 heteroatoms. The van der Waals surface area contributed by atoms with Crippen LogP contribution in [0.1, 0.15) is 22.8 Å². The van der Waals surface area contributed by atoms with Crippen LogP contribution in [0.15, 0.2) is 88.9 Å². The van der Waals surface area contributed by atoms with Gasteiger partial charge in [0.25, 0.3) is 0 Å². The van der Waals surface area contributed by atoms with Crippen LogP contribution in [0.3, 0.4) is 0 Å². The summed E-state index contributed by atoms with van der Waals surface area (Å²) in [6.07, 6.45) is 6.66. The van der Waals surface area contributed by atoms with E-state index in [4.69, 9.17) is 5.11 Å². The zero-order valence-corrected chi connectivity index (χ0v) is 17.3. The molecule has 2 N–H and O–H groups in total. The number of sulfone groups is 1. The highest BCUT2D eigenvalue weighted by molar-refractivity contribution is 7.90. The number of hydrogen-bond acceptors (Lipinski definition) is 5. The summed E-state index contributed by atoms with van der Waals surface area (Å²) >= 11 is 0. The van der Waals surface area contributed by atoms with Gasteiger partial charge in [0.15, 0.2) is 9.84 Å². The quantitative estimate of drug-likeness (QED) is 0.561. The van der Waals surface area contributed by atoms with Crippen LogP contribution >= 0.6 is 0 Å². The van der Waals surface area contributed by atoms with Gasteiger partial charge in [-0.2, -0.15) is 0 Å². The Morgan fingerprint density at radius 3 is 2.50 bits per heavy atom. The Morgan fingerprint density at radius 2 is 1.87 bits per heavy atom. The van der Waals surface area contributed by atoms with Crippen molar-refractivity contribution in [2.24, 2.45) is 4.99 Å². The average molecular weight is 423 g/mol. The predicted molar refractivity (Wildman–Crippen MR) is 117 cm³/mol. The SMILES string of the molecule is C=C1C=CC=C(c2cccc(S(C)(=O)=O)c2)N1NC(C)=Nc1ccc(C(=O)O)cc1. The summed E-state index contributed by atoms with van der Waals surface area (Å²) in [4.78, 5) is 15.7. The topological polar surface area (TPSA) is 99.1 Å². The largest absolute Gasteiger partial charge is 0.478 e. The van der Waals surface area contributed by atoms with Gasteiger partial charge in [0, 0.05) is 11.8 Å². The van der Waals surface area contributed by atoms with Gasteiger partial charge in [0.05, 0.1) is 27.5 Å². The van der Waals surface area contributed by atoms with Gasteiger partial charge in [-0.1, -0.05) is 24.8 Å². The minimum Gasteiger partial charge on any atom is -0.478 e. The zero-order valence-electron chi connectivity index (χ0n) is 16.5. The molecule has 0 spiro atoms. The molecule has 154 valence electrons. The van der Waals surface area contributed by atoms with E-state index >= 15 is 0 Å². The molecule has 0 fully saturated rings. The first-order valence-electron chi connectivity index (χ1n) is 8.98. The number of allylic oxidation sites excluding steroid dienone is 3. The number of aliphatic imine (C=N–C) groups is 1. The molecule has 3 rings (SSSR count). The van der Waals surface area contributed by atoms with Gasteiger partial charge < -0.3 is 5.11 Å². The summed E-state index contributed by atoms with van der Waals surface area (Å²) in [5, 5.41) is 10.7. The number of rotatable bonds is 5. The lowest BCUT2D eigenvalue weighted by molar-refractivity contribution is 0.0697. The van der Waals surface area contributed by atoms with E-state index in [2.05, 4.69) is 17.0 Å². The van der Waals surface area contributed by atoms with Crippen molar-refractivity contribution in [1.82, 2.24) is 10.4 Å². The second-order valence-electron chi connectivity index (χ2n) is 6.70. The van der Waals surface area contributed by atoms with Crippen LogP contribution in [0.4, 0.5) is 5.69 Å². The Labute approximate surface area is 175 Å². The van der Waals surface area contributed by atoms with Crippen LogP contribution in [0.2, 0.25) is 0 Å². The number of benzene rings is 2. The number of carboxylic acid groups (broad SMARTS) is 1. The van der Waals surface area contributed by atoms with Crippen LogP contribution in [0.25, 0.3) is 5.70 Å². The van der Waals surface area contributed by atoms with Gasteiger partial charge >= 0.3 is 5.97 Å². The molecule has 0 aliphatic carbocycles. The molecule has 0 aromatic heterocycles.